The Hall–Kier alpha value is -2.94. The number of aliphatic hydroxyl groups excluding tert-OH is 1. The highest BCUT2D eigenvalue weighted by Gasteiger charge is 2.14. The molecule has 9 heteroatoms. The summed E-state index contributed by atoms with van der Waals surface area (Å²) >= 11 is 0. The summed E-state index contributed by atoms with van der Waals surface area (Å²) in [7, 11) is 1.46. The zero-order valence-corrected chi connectivity index (χ0v) is 16.2. The molecule has 0 amide bonds. The third kappa shape index (κ3) is 6.86. The van der Waals surface area contributed by atoms with Crippen molar-refractivity contribution in [2.24, 2.45) is 4.99 Å². The Morgan fingerprint density at radius 2 is 1.93 bits per heavy atom. The second-order valence-electron chi connectivity index (χ2n) is 5.97. The Labute approximate surface area is 167 Å². The summed E-state index contributed by atoms with van der Waals surface area (Å²) in [5.41, 5.74) is 0.563. The number of nitrogens with zero attached hydrogens (tertiary/aromatic N) is 1. The van der Waals surface area contributed by atoms with E-state index in [1.165, 1.54) is 37.4 Å². The Bertz CT molecular complexity index is 819. The van der Waals surface area contributed by atoms with E-state index in [1.807, 2.05) is 6.92 Å². The van der Waals surface area contributed by atoms with E-state index in [2.05, 4.69) is 20.4 Å². The molecule has 0 aliphatic heterocycles. The van der Waals surface area contributed by atoms with Gasteiger partial charge in [0.15, 0.2) is 5.96 Å². The summed E-state index contributed by atoms with van der Waals surface area (Å²) in [6.45, 7) is -0.564. The van der Waals surface area contributed by atoms with Crippen LogP contribution in [0.3, 0.4) is 0 Å². The van der Waals surface area contributed by atoms with Crippen LogP contribution >= 0.6 is 0 Å². The number of methoxy groups -OCH3 is 1. The minimum Gasteiger partial charge on any atom is -0.497 e. The van der Waals surface area contributed by atoms with E-state index in [4.69, 9.17) is 4.74 Å². The Kier molecular flexibility index (Phi) is 8.60. The van der Waals surface area contributed by atoms with Gasteiger partial charge in [0.05, 0.1) is 19.8 Å². The third-order valence-corrected chi connectivity index (χ3v) is 3.96. The van der Waals surface area contributed by atoms with Crippen molar-refractivity contribution in [3.8, 4) is 11.5 Å². The lowest BCUT2D eigenvalue weighted by Gasteiger charge is -2.16. The Morgan fingerprint density at radius 3 is 2.59 bits per heavy atom. The molecule has 2 aromatic carbocycles. The second-order valence-corrected chi connectivity index (χ2v) is 5.97. The molecule has 6 nitrogen and oxygen atoms in total. The molecule has 0 bridgehead atoms. The van der Waals surface area contributed by atoms with E-state index in [0.29, 0.717) is 23.8 Å². The molecule has 0 aliphatic rings. The van der Waals surface area contributed by atoms with Crippen LogP contribution in [0.2, 0.25) is 0 Å². The number of benzene rings is 2. The fourth-order valence-electron chi connectivity index (χ4n) is 2.57. The molecule has 0 saturated heterocycles. The van der Waals surface area contributed by atoms with Crippen LogP contribution in [0, 0.1) is 5.82 Å². The van der Waals surface area contributed by atoms with Gasteiger partial charge in [-0.25, -0.2) is 9.38 Å². The van der Waals surface area contributed by atoms with Gasteiger partial charge in [0, 0.05) is 24.2 Å². The molecule has 1 unspecified atom stereocenters. The first-order chi connectivity index (χ1) is 13.9. The van der Waals surface area contributed by atoms with Crippen LogP contribution in [-0.4, -0.2) is 37.9 Å². The van der Waals surface area contributed by atoms with Crippen LogP contribution in [0.1, 0.15) is 24.2 Å². The molecule has 0 spiro atoms. The zero-order chi connectivity index (χ0) is 21.2. The highest BCUT2D eigenvalue weighted by Crippen LogP contribution is 2.26. The van der Waals surface area contributed by atoms with Gasteiger partial charge in [-0.15, -0.1) is 0 Å². The van der Waals surface area contributed by atoms with Gasteiger partial charge >= 0.3 is 6.61 Å². The Morgan fingerprint density at radius 1 is 1.17 bits per heavy atom. The zero-order valence-electron chi connectivity index (χ0n) is 16.2. The number of rotatable bonds is 9. The van der Waals surface area contributed by atoms with Gasteiger partial charge in [-0.2, -0.15) is 8.78 Å². The van der Waals surface area contributed by atoms with Crippen LogP contribution in [0.5, 0.6) is 11.5 Å². The van der Waals surface area contributed by atoms with Crippen LogP contribution in [0.15, 0.2) is 47.5 Å². The number of nitrogens with one attached hydrogen (secondary N) is 2. The standard InChI is InChI=1S/C20H24F3N3O3/c1-3-24-20(26-12-17(27)15-6-4-5-7-16(15)21)25-11-13-10-14(28-2)8-9-18(13)29-19(22)23/h4-10,17,19,27H,3,11-12H2,1-2H3,(H2,24,25,26). The highest BCUT2D eigenvalue weighted by atomic mass is 19.3. The average Bonchev–Trinajstić information content (AvgIpc) is 2.70. The number of guanidine groups is 1. The number of hydrogen-bond acceptors (Lipinski definition) is 4. The Balaban J connectivity index is 2.11. The number of halogens is 3. The molecule has 0 radical (unpaired) electrons. The smallest absolute Gasteiger partial charge is 0.387 e. The maximum Gasteiger partial charge on any atom is 0.387 e. The van der Waals surface area contributed by atoms with Crippen molar-refractivity contribution >= 4 is 5.96 Å². The van der Waals surface area contributed by atoms with Crippen molar-refractivity contribution in [2.45, 2.75) is 26.2 Å². The molecule has 2 rings (SSSR count). The molecule has 0 fully saturated rings. The maximum absolute atomic E-state index is 13.8. The van der Waals surface area contributed by atoms with E-state index in [0.717, 1.165) is 0 Å². The van der Waals surface area contributed by atoms with Crippen molar-refractivity contribution in [1.82, 2.24) is 10.6 Å². The number of ether oxygens (including phenoxy) is 2. The van der Waals surface area contributed by atoms with E-state index in [-0.39, 0.29) is 24.4 Å². The molecule has 158 valence electrons. The molecular weight excluding hydrogens is 387 g/mol. The lowest BCUT2D eigenvalue weighted by molar-refractivity contribution is -0.0504. The van der Waals surface area contributed by atoms with Gasteiger partial charge in [-0.05, 0) is 31.2 Å². The normalized spacial score (nSPS) is 12.6. The van der Waals surface area contributed by atoms with Crippen molar-refractivity contribution < 1.29 is 27.8 Å². The van der Waals surface area contributed by atoms with E-state index < -0.39 is 18.5 Å². The lowest BCUT2D eigenvalue weighted by Crippen LogP contribution is -2.39. The first-order valence-corrected chi connectivity index (χ1v) is 9.01. The van der Waals surface area contributed by atoms with Gasteiger partial charge in [0.1, 0.15) is 17.3 Å². The van der Waals surface area contributed by atoms with Crippen LogP contribution in [0.4, 0.5) is 13.2 Å². The van der Waals surface area contributed by atoms with Gasteiger partial charge in [0.2, 0.25) is 0 Å². The fourth-order valence-corrected chi connectivity index (χ4v) is 2.57. The molecule has 0 heterocycles. The molecule has 0 saturated carbocycles. The van der Waals surface area contributed by atoms with Crippen molar-refractivity contribution in [1.29, 1.82) is 0 Å². The number of aliphatic hydroxyl groups is 1. The summed E-state index contributed by atoms with van der Waals surface area (Å²) in [6.07, 6.45) is -1.09. The van der Waals surface area contributed by atoms with Crippen LogP contribution in [0.25, 0.3) is 0 Å². The molecule has 0 aliphatic carbocycles. The average molecular weight is 411 g/mol. The first-order valence-electron chi connectivity index (χ1n) is 9.01. The SMILES string of the molecule is CCNC(=NCc1cc(OC)ccc1OC(F)F)NCC(O)c1ccccc1F. The maximum atomic E-state index is 13.8. The molecule has 0 aromatic heterocycles. The second kappa shape index (κ2) is 11.2. The summed E-state index contributed by atoms with van der Waals surface area (Å²) in [6, 6.07) is 10.4. The summed E-state index contributed by atoms with van der Waals surface area (Å²) in [5, 5.41) is 16.1. The first kappa shape index (κ1) is 22.4. The summed E-state index contributed by atoms with van der Waals surface area (Å²) in [5.74, 6) is 0.291. The molecular formula is C20H24F3N3O3. The quantitative estimate of drug-likeness (QED) is 0.436. The minimum absolute atomic E-state index is 0.00523. The van der Waals surface area contributed by atoms with E-state index >= 15 is 0 Å². The van der Waals surface area contributed by atoms with Crippen molar-refractivity contribution in [2.75, 3.05) is 20.2 Å². The van der Waals surface area contributed by atoms with Gasteiger partial charge in [-0.1, -0.05) is 18.2 Å². The van der Waals surface area contributed by atoms with Crippen LogP contribution in [-0.2, 0) is 6.54 Å². The molecule has 2 aromatic rings. The minimum atomic E-state index is -2.96. The highest BCUT2D eigenvalue weighted by molar-refractivity contribution is 5.79. The fraction of sp³-hybridized carbons (Fsp3) is 0.350. The monoisotopic (exact) mass is 411 g/mol. The topological polar surface area (TPSA) is 75.1 Å². The molecule has 3 N–H and O–H groups in total. The largest absolute Gasteiger partial charge is 0.497 e. The predicted molar refractivity (Wildman–Crippen MR) is 104 cm³/mol. The van der Waals surface area contributed by atoms with Crippen molar-refractivity contribution in [3.05, 3.63) is 59.4 Å². The van der Waals surface area contributed by atoms with Gasteiger partial charge in [-0.3, -0.25) is 0 Å². The van der Waals surface area contributed by atoms with E-state index in [1.54, 1.807) is 12.1 Å². The van der Waals surface area contributed by atoms with Crippen molar-refractivity contribution in [3.63, 3.8) is 0 Å². The summed E-state index contributed by atoms with van der Waals surface area (Å²) in [4.78, 5) is 4.32. The molecule has 1 atom stereocenters. The van der Waals surface area contributed by atoms with Gasteiger partial charge in [0.25, 0.3) is 0 Å². The third-order valence-electron chi connectivity index (χ3n) is 3.96. The number of hydrogen-bond donors (Lipinski definition) is 3. The molecule has 29 heavy (non-hydrogen) atoms. The summed E-state index contributed by atoms with van der Waals surface area (Å²) < 4.78 is 48.7. The number of alkyl halides is 2. The van der Waals surface area contributed by atoms with E-state index in [9.17, 15) is 18.3 Å². The van der Waals surface area contributed by atoms with Gasteiger partial charge < -0.3 is 25.2 Å². The number of aliphatic imine (C=N–C) groups is 1. The predicted octanol–water partition coefficient (Wildman–Crippen LogP) is 3.22. The lowest BCUT2D eigenvalue weighted by atomic mass is 10.1. The van der Waals surface area contributed by atoms with Crippen LogP contribution < -0.4 is 20.1 Å².